The van der Waals surface area contributed by atoms with Crippen molar-refractivity contribution in [3.63, 3.8) is 0 Å². The predicted molar refractivity (Wildman–Crippen MR) is 96.8 cm³/mol. The third-order valence-corrected chi connectivity index (χ3v) is 4.88. The first kappa shape index (κ1) is 16.7. The summed E-state index contributed by atoms with van der Waals surface area (Å²) in [6.07, 6.45) is 2.68. The first-order valence-electron chi connectivity index (χ1n) is 8.19. The van der Waals surface area contributed by atoms with Crippen LogP contribution in [0.15, 0.2) is 42.7 Å². The lowest BCUT2D eigenvalue weighted by Crippen LogP contribution is -2.47. The first-order chi connectivity index (χ1) is 11.6. The largest absolute Gasteiger partial charge is 0.380 e. The van der Waals surface area contributed by atoms with E-state index < -0.39 is 0 Å². The predicted octanol–water partition coefficient (Wildman–Crippen LogP) is 2.19. The van der Waals surface area contributed by atoms with E-state index in [1.165, 1.54) is 0 Å². The van der Waals surface area contributed by atoms with Crippen molar-refractivity contribution < 1.29 is 4.74 Å². The molecular formula is C18H25N5O. The number of anilines is 3. The Bertz CT molecular complexity index is 680. The molecule has 0 radical (unpaired) electrons. The molecule has 24 heavy (non-hydrogen) atoms. The minimum atomic E-state index is -0.155. The standard InChI is InChI=1S/C18H25N5O/c1-18(12-19)10-15(24-3)11-23(18)17-9-16(20-13-21-17)22(2)14-7-5-4-6-8-14/h4-9,13,15H,10-12,19H2,1-3H3. The van der Waals surface area contributed by atoms with E-state index in [1.807, 2.05) is 31.3 Å². The van der Waals surface area contributed by atoms with Crippen LogP contribution in [0.3, 0.4) is 0 Å². The number of aromatic nitrogens is 2. The second kappa shape index (κ2) is 6.75. The van der Waals surface area contributed by atoms with Gasteiger partial charge in [-0.1, -0.05) is 18.2 Å². The van der Waals surface area contributed by atoms with Crippen molar-refractivity contribution in [2.45, 2.75) is 25.0 Å². The number of para-hydroxylation sites is 1. The minimum Gasteiger partial charge on any atom is -0.380 e. The summed E-state index contributed by atoms with van der Waals surface area (Å²) in [5.41, 5.74) is 6.98. The number of ether oxygens (including phenoxy) is 1. The lowest BCUT2D eigenvalue weighted by atomic mass is 9.98. The normalized spacial score (nSPS) is 23.5. The summed E-state index contributed by atoms with van der Waals surface area (Å²) < 4.78 is 5.56. The highest BCUT2D eigenvalue weighted by atomic mass is 16.5. The molecule has 6 nitrogen and oxygen atoms in total. The van der Waals surface area contributed by atoms with E-state index in [0.29, 0.717) is 6.54 Å². The van der Waals surface area contributed by atoms with E-state index in [2.05, 4.69) is 38.8 Å². The van der Waals surface area contributed by atoms with Gasteiger partial charge in [0.25, 0.3) is 0 Å². The van der Waals surface area contributed by atoms with Gasteiger partial charge >= 0.3 is 0 Å². The quantitative estimate of drug-likeness (QED) is 0.908. The molecule has 3 rings (SSSR count). The molecule has 1 aromatic carbocycles. The number of hydrogen-bond acceptors (Lipinski definition) is 6. The van der Waals surface area contributed by atoms with Crippen LogP contribution in [0, 0.1) is 0 Å². The van der Waals surface area contributed by atoms with Gasteiger partial charge in [0, 0.05) is 39.0 Å². The van der Waals surface area contributed by atoms with E-state index >= 15 is 0 Å². The van der Waals surface area contributed by atoms with Crippen LogP contribution in [-0.4, -0.2) is 48.9 Å². The summed E-state index contributed by atoms with van der Waals surface area (Å²) in [7, 11) is 3.76. The molecule has 1 aliphatic heterocycles. The molecule has 1 aromatic heterocycles. The fourth-order valence-electron chi connectivity index (χ4n) is 3.26. The maximum absolute atomic E-state index is 6.05. The molecular weight excluding hydrogens is 302 g/mol. The van der Waals surface area contributed by atoms with Crippen molar-refractivity contribution in [3.05, 3.63) is 42.7 Å². The minimum absolute atomic E-state index is 0.155. The molecule has 0 bridgehead atoms. The van der Waals surface area contributed by atoms with E-state index in [9.17, 15) is 0 Å². The fourth-order valence-corrected chi connectivity index (χ4v) is 3.26. The molecule has 0 spiro atoms. The van der Waals surface area contributed by atoms with Crippen LogP contribution < -0.4 is 15.5 Å². The number of nitrogens with two attached hydrogens (primary N) is 1. The summed E-state index contributed by atoms with van der Waals surface area (Å²) >= 11 is 0. The molecule has 0 aliphatic carbocycles. The second-order valence-corrected chi connectivity index (χ2v) is 6.50. The van der Waals surface area contributed by atoms with Crippen molar-refractivity contribution in [3.8, 4) is 0 Å². The Morgan fingerprint density at radius 2 is 2.08 bits per heavy atom. The van der Waals surface area contributed by atoms with E-state index in [0.717, 1.165) is 30.3 Å². The van der Waals surface area contributed by atoms with Gasteiger partial charge in [-0.05, 0) is 25.5 Å². The number of methoxy groups -OCH3 is 1. The van der Waals surface area contributed by atoms with Gasteiger partial charge in [-0.15, -0.1) is 0 Å². The van der Waals surface area contributed by atoms with Crippen LogP contribution in [0.25, 0.3) is 0 Å². The molecule has 1 fully saturated rings. The summed E-state index contributed by atoms with van der Waals surface area (Å²) in [5, 5.41) is 0. The molecule has 2 unspecified atom stereocenters. The van der Waals surface area contributed by atoms with Crippen LogP contribution in [-0.2, 0) is 4.74 Å². The molecule has 6 heteroatoms. The first-order valence-corrected chi connectivity index (χ1v) is 8.19. The molecule has 1 saturated heterocycles. The lowest BCUT2D eigenvalue weighted by Gasteiger charge is -2.35. The van der Waals surface area contributed by atoms with E-state index in [-0.39, 0.29) is 11.6 Å². The highest BCUT2D eigenvalue weighted by molar-refractivity contribution is 5.62. The smallest absolute Gasteiger partial charge is 0.138 e. The third-order valence-electron chi connectivity index (χ3n) is 4.88. The average Bonchev–Trinajstić information content (AvgIpc) is 2.99. The molecule has 0 saturated carbocycles. The van der Waals surface area contributed by atoms with Crippen LogP contribution in [0.5, 0.6) is 0 Å². The molecule has 2 atom stereocenters. The molecule has 2 heterocycles. The van der Waals surface area contributed by atoms with Crippen molar-refractivity contribution in [1.29, 1.82) is 0 Å². The monoisotopic (exact) mass is 327 g/mol. The fraction of sp³-hybridized carbons (Fsp3) is 0.444. The van der Waals surface area contributed by atoms with Crippen molar-refractivity contribution in [1.82, 2.24) is 9.97 Å². The Morgan fingerprint density at radius 1 is 1.33 bits per heavy atom. The van der Waals surface area contributed by atoms with Crippen molar-refractivity contribution in [2.75, 3.05) is 37.0 Å². The average molecular weight is 327 g/mol. The summed E-state index contributed by atoms with van der Waals surface area (Å²) in [6, 6.07) is 12.2. The highest BCUT2D eigenvalue weighted by Crippen LogP contribution is 2.34. The molecule has 0 amide bonds. The zero-order valence-corrected chi connectivity index (χ0v) is 14.5. The number of hydrogen-bond donors (Lipinski definition) is 1. The molecule has 2 aromatic rings. The summed E-state index contributed by atoms with van der Waals surface area (Å²) in [6.45, 7) is 3.51. The summed E-state index contributed by atoms with van der Waals surface area (Å²) in [4.78, 5) is 13.2. The van der Waals surface area contributed by atoms with Gasteiger partial charge in [-0.2, -0.15) is 0 Å². The molecule has 2 N–H and O–H groups in total. The maximum atomic E-state index is 6.05. The van der Waals surface area contributed by atoms with Gasteiger partial charge in [0.2, 0.25) is 0 Å². The number of nitrogens with zero attached hydrogens (tertiary/aromatic N) is 4. The van der Waals surface area contributed by atoms with Gasteiger partial charge in [-0.3, -0.25) is 0 Å². The zero-order valence-electron chi connectivity index (χ0n) is 14.5. The van der Waals surface area contributed by atoms with Gasteiger partial charge < -0.3 is 20.3 Å². The lowest BCUT2D eigenvalue weighted by molar-refractivity contribution is 0.114. The topological polar surface area (TPSA) is 67.5 Å². The summed E-state index contributed by atoms with van der Waals surface area (Å²) in [5.74, 6) is 1.74. The number of rotatable bonds is 5. The Kier molecular flexibility index (Phi) is 4.69. The van der Waals surface area contributed by atoms with E-state index in [1.54, 1.807) is 13.4 Å². The SMILES string of the molecule is COC1CN(c2cc(N(C)c3ccccc3)ncn2)C(C)(CN)C1. The Labute approximate surface area is 143 Å². The van der Waals surface area contributed by atoms with Gasteiger partial charge in [0.15, 0.2) is 0 Å². The van der Waals surface area contributed by atoms with Crippen LogP contribution in [0.4, 0.5) is 17.3 Å². The highest BCUT2D eigenvalue weighted by Gasteiger charge is 2.42. The van der Waals surface area contributed by atoms with Gasteiger partial charge in [0.05, 0.1) is 11.6 Å². The van der Waals surface area contributed by atoms with Crippen LogP contribution in [0.2, 0.25) is 0 Å². The van der Waals surface area contributed by atoms with Crippen LogP contribution >= 0.6 is 0 Å². The van der Waals surface area contributed by atoms with Gasteiger partial charge in [0.1, 0.15) is 18.0 Å². The third kappa shape index (κ3) is 3.07. The van der Waals surface area contributed by atoms with Gasteiger partial charge in [-0.25, -0.2) is 9.97 Å². The zero-order chi connectivity index (χ0) is 17.2. The Hall–Kier alpha value is -2.18. The Balaban J connectivity index is 1.90. The van der Waals surface area contributed by atoms with E-state index in [4.69, 9.17) is 10.5 Å². The number of benzene rings is 1. The van der Waals surface area contributed by atoms with Crippen LogP contribution in [0.1, 0.15) is 13.3 Å². The molecule has 128 valence electrons. The van der Waals surface area contributed by atoms with Crippen molar-refractivity contribution in [2.24, 2.45) is 5.73 Å². The van der Waals surface area contributed by atoms with Crippen molar-refractivity contribution >= 4 is 17.3 Å². The maximum Gasteiger partial charge on any atom is 0.138 e. The molecule has 1 aliphatic rings. The second-order valence-electron chi connectivity index (χ2n) is 6.50. The Morgan fingerprint density at radius 3 is 2.75 bits per heavy atom.